The molecule has 1 aromatic rings. The van der Waals surface area contributed by atoms with Gasteiger partial charge < -0.3 is 11.1 Å². The molecule has 1 heterocycles. The minimum absolute atomic E-state index is 0.139. The van der Waals surface area contributed by atoms with Crippen molar-refractivity contribution in [3.8, 4) is 0 Å². The Labute approximate surface area is 118 Å². The van der Waals surface area contributed by atoms with Crippen molar-refractivity contribution in [1.29, 1.82) is 0 Å². The van der Waals surface area contributed by atoms with E-state index in [9.17, 15) is 4.79 Å². The second-order valence-corrected chi connectivity index (χ2v) is 6.81. The molecule has 0 aliphatic heterocycles. The van der Waals surface area contributed by atoms with Crippen LogP contribution in [0.4, 0.5) is 0 Å². The van der Waals surface area contributed by atoms with E-state index in [1.54, 1.807) is 11.3 Å². The number of carbonyl (C=O) groups is 1. The van der Waals surface area contributed by atoms with Gasteiger partial charge in [-0.2, -0.15) is 0 Å². The predicted octanol–water partition coefficient (Wildman–Crippen LogP) is 2.63. The summed E-state index contributed by atoms with van der Waals surface area (Å²) in [6.45, 7) is 0. The van der Waals surface area contributed by atoms with Gasteiger partial charge in [0.2, 0.25) is 0 Å². The number of carbonyl (C=O) groups excluding carboxylic acids is 1. The average Bonchev–Trinajstić information content (AvgIpc) is 2.85. The minimum Gasteiger partial charge on any atom is -0.349 e. The summed E-state index contributed by atoms with van der Waals surface area (Å²) in [6, 6.07) is 0.661. The molecule has 4 heteroatoms. The maximum Gasteiger partial charge on any atom is 0.252 e. The van der Waals surface area contributed by atoms with Gasteiger partial charge >= 0.3 is 0 Å². The van der Waals surface area contributed by atoms with Crippen molar-refractivity contribution >= 4 is 17.2 Å². The van der Waals surface area contributed by atoms with Gasteiger partial charge in [0.15, 0.2) is 0 Å². The zero-order chi connectivity index (χ0) is 13.2. The highest BCUT2D eigenvalue weighted by molar-refractivity contribution is 7.10. The lowest BCUT2D eigenvalue weighted by atomic mass is 9.91. The second kappa shape index (κ2) is 5.63. The summed E-state index contributed by atoms with van der Waals surface area (Å²) in [5.41, 5.74) is 8.16. The number of nitrogens with one attached hydrogen (secondary N) is 1. The highest BCUT2D eigenvalue weighted by Crippen LogP contribution is 2.30. The zero-order valence-electron chi connectivity index (χ0n) is 11.3. The molecule has 3 nitrogen and oxygen atoms in total. The number of nitrogens with two attached hydrogens (primary N) is 1. The van der Waals surface area contributed by atoms with E-state index in [-0.39, 0.29) is 5.91 Å². The molecule has 0 atom stereocenters. The lowest BCUT2D eigenvalue weighted by molar-refractivity contribution is 0.0925. The topological polar surface area (TPSA) is 55.1 Å². The van der Waals surface area contributed by atoms with Gasteiger partial charge in [-0.05, 0) is 56.9 Å². The summed E-state index contributed by atoms with van der Waals surface area (Å²) in [6.07, 6.45) is 8.86. The van der Waals surface area contributed by atoms with E-state index in [1.807, 2.05) is 0 Å². The molecule has 0 unspecified atom stereocenters. The molecule has 0 aromatic carbocycles. The number of rotatable bonds is 2. The number of hydrogen-bond donors (Lipinski definition) is 2. The van der Waals surface area contributed by atoms with E-state index in [0.717, 1.165) is 44.1 Å². The van der Waals surface area contributed by atoms with Crippen molar-refractivity contribution in [2.75, 3.05) is 0 Å². The molecule has 2 aliphatic rings. The molecule has 0 radical (unpaired) electrons. The smallest absolute Gasteiger partial charge is 0.252 e. The monoisotopic (exact) mass is 278 g/mol. The Bertz CT molecular complexity index is 461. The third-order valence-electron chi connectivity index (χ3n) is 4.41. The first-order chi connectivity index (χ1) is 9.24. The second-order valence-electron chi connectivity index (χ2n) is 5.84. The largest absolute Gasteiger partial charge is 0.349 e. The fraction of sp³-hybridized carbons (Fsp3) is 0.667. The maximum absolute atomic E-state index is 12.4. The molecule has 1 aromatic heterocycles. The van der Waals surface area contributed by atoms with Crippen LogP contribution in [0, 0.1) is 0 Å². The number of thiophene rings is 1. The van der Waals surface area contributed by atoms with E-state index in [1.165, 1.54) is 23.3 Å². The normalized spacial score (nSPS) is 26.8. The number of fused-ring (bicyclic) bond motifs is 1. The number of hydrogen-bond acceptors (Lipinski definition) is 3. The summed E-state index contributed by atoms with van der Waals surface area (Å²) < 4.78 is 0. The Morgan fingerprint density at radius 3 is 2.74 bits per heavy atom. The first kappa shape index (κ1) is 13.1. The van der Waals surface area contributed by atoms with Gasteiger partial charge in [0.25, 0.3) is 5.91 Å². The fourth-order valence-electron chi connectivity index (χ4n) is 3.21. The van der Waals surface area contributed by atoms with E-state index >= 15 is 0 Å². The Hall–Kier alpha value is -0.870. The lowest BCUT2D eigenvalue weighted by Gasteiger charge is -2.27. The van der Waals surface area contributed by atoms with Crippen LogP contribution in [0.25, 0.3) is 0 Å². The Morgan fingerprint density at radius 1 is 1.21 bits per heavy atom. The van der Waals surface area contributed by atoms with Gasteiger partial charge in [0.1, 0.15) is 0 Å². The quantitative estimate of drug-likeness (QED) is 0.873. The molecule has 2 aliphatic carbocycles. The SMILES string of the molecule is NC1CCC(NC(=O)c2csc3c2CCCC3)CC1. The van der Waals surface area contributed by atoms with Gasteiger partial charge in [-0.15, -0.1) is 11.3 Å². The summed E-state index contributed by atoms with van der Waals surface area (Å²) in [4.78, 5) is 13.8. The van der Waals surface area contributed by atoms with Crippen molar-refractivity contribution in [3.63, 3.8) is 0 Å². The molecule has 19 heavy (non-hydrogen) atoms. The van der Waals surface area contributed by atoms with Crippen LogP contribution in [0.15, 0.2) is 5.38 Å². The van der Waals surface area contributed by atoms with Crippen LogP contribution >= 0.6 is 11.3 Å². The van der Waals surface area contributed by atoms with Crippen LogP contribution in [0.2, 0.25) is 0 Å². The molecule has 104 valence electrons. The van der Waals surface area contributed by atoms with Gasteiger partial charge in [0.05, 0.1) is 5.56 Å². The third-order valence-corrected chi connectivity index (χ3v) is 5.50. The van der Waals surface area contributed by atoms with Crippen LogP contribution in [0.3, 0.4) is 0 Å². The van der Waals surface area contributed by atoms with Crippen LogP contribution < -0.4 is 11.1 Å². The highest BCUT2D eigenvalue weighted by Gasteiger charge is 2.24. The van der Waals surface area contributed by atoms with E-state index in [0.29, 0.717) is 12.1 Å². The lowest BCUT2D eigenvalue weighted by Crippen LogP contribution is -2.40. The Kier molecular flexibility index (Phi) is 3.89. The first-order valence-electron chi connectivity index (χ1n) is 7.39. The minimum atomic E-state index is 0.139. The maximum atomic E-state index is 12.4. The number of aryl methyl sites for hydroxylation is 1. The van der Waals surface area contributed by atoms with Crippen molar-refractivity contribution in [1.82, 2.24) is 5.32 Å². The van der Waals surface area contributed by atoms with Crippen molar-refractivity contribution in [3.05, 3.63) is 21.4 Å². The Morgan fingerprint density at radius 2 is 1.95 bits per heavy atom. The van der Waals surface area contributed by atoms with Crippen LogP contribution in [-0.2, 0) is 12.8 Å². The molecule has 1 amide bonds. The van der Waals surface area contributed by atoms with Crippen LogP contribution in [0.1, 0.15) is 59.3 Å². The molecule has 1 saturated carbocycles. The fourth-order valence-corrected chi connectivity index (χ4v) is 4.34. The molecule has 3 rings (SSSR count). The molecule has 0 saturated heterocycles. The molecule has 1 fully saturated rings. The van der Waals surface area contributed by atoms with E-state index in [4.69, 9.17) is 5.73 Å². The first-order valence-corrected chi connectivity index (χ1v) is 8.27. The Balaban J connectivity index is 1.65. The van der Waals surface area contributed by atoms with Gasteiger partial charge in [0, 0.05) is 22.3 Å². The van der Waals surface area contributed by atoms with Gasteiger partial charge in [-0.25, -0.2) is 0 Å². The van der Waals surface area contributed by atoms with Crippen molar-refractivity contribution < 1.29 is 4.79 Å². The van der Waals surface area contributed by atoms with Crippen LogP contribution in [-0.4, -0.2) is 18.0 Å². The van der Waals surface area contributed by atoms with E-state index in [2.05, 4.69) is 10.7 Å². The van der Waals surface area contributed by atoms with Crippen LogP contribution in [0.5, 0.6) is 0 Å². The van der Waals surface area contributed by atoms with Crippen molar-refractivity contribution in [2.45, 2.75) is 63.5 Å². The summed E-state index contributed by atoms with van der Waals surface area (Å²) in [5.74, 6) is 0.139. The molecular weight excluding hydrogens is 256 g/mol. The predicted molar refractivity (Wildman–Crippen MR) is 78.7 cm³/mol. The third kappa shape index (κ3) is 2.84. The standard InChI is InChI=1S/C15H22N2OS/c16-10-5-7-11(8-6-10)17-15(18)13-9-19-14-4-2-1-3-12(13)14/h9-11H,1-8,16H2,(H,17,18). The summed E-state index contributed by atoms with van der Waals surface area (Å²) in [5, 5.41) is 5.26. The summed E-state index contributed by atoms with van der Waals surface area (Å²) >= 11 is 1.76. The van der Waals surface area contributed by atoms with Gasteiger partial charge in [-0.1, -0.05) is 0 Å². The molecular formula is C15H22N2OS. The summed E-state index contributed by atoms with van der Waals surface area (Å²) in [7, 11) is 0. The molecule has 0 bridgehead atoms. The van der Waals surface area contributed by atoms with Crippen molar-refractivity contribution in [2.24, 2.45) is 5.73 Å². The van der Waals surface area contributed by atoms with E-state index < -0.39 is 0 Å². The average molecular weight is 278 g/mol. The highest BCUT2D eigenvalue weighted by atomic mass is 32.1. The van der Waals surface area contributed by atoms with Gasteiger partial charge in [-0.3, -0.25) is 4.79 Å². The molecule has 3 N–H and O–H groups in total. The molecule has 0 spiro atoms. The number of amides is 1. The zero-order valence-corrected chi connectivity index (χ0v) is 12.1.